The zero-order chi connectivity index (χ0) is 15.9. The third-order valence-electron chi connectivity index (χ3n) is 3.22. The number of nitriles is 1. The molecule has 3 N–H and O–H groups in total. The van der Waals surface area contributed by atoms with Crippen LogP contribution in [0.1, 0.15) is 24.4 Å². The first-order valence-electron chi connectivity index (χ1n) is 6.44. The molecular weight excluding hydrogens is 287 g/mol. The van der Waals surface area contributed by atoms with E-state index in [0.717, 1.165) is 12.1 Å². The smallest absolute Gasteiger partial charge is 0.267 e. The van der Waals surface area contributed by atoms with E-state index in [-0.39, 0.29) is 22.3 Å². The maximum Gasteiger partial charge on any atom is 0.267 e. The Hall–Kier alpha value is -3.05. The highest BCUT2D eigenvalue weighted by molar-refractivity contribution is 5.83. The minimum Gasteiger partial charge on any atom is -0.322 e. The summed E-state index contributed by atoms with van der Waals surface area (Å²) >= 11 is 0. The number of benzene rings is 1. The normalized spacial score (nSPS) is 12.3. The zero-order valence-corrected chi connectivity index (χ0v) is 11.5. The van der Waals surface area contributed by atoms with Gasteiger partial charge in [-0.15, -0.1) is 0 Å². The third-order valence-corrected chi connectivity index (χ3v) is 3.22. The van der Waals surface area contributed by atoms with Gasteiger partial charge in [0, 0.05) is 6.07 Å². The van der Waals surface area contributed by atoms with Crippen molar-refractivity contribution >= 4 is 10.9 Å². The van der Waals surface area contributed by atoms with Crippen LogP contribution in [0.25, 0.3) is 16.7 Å². The molecule has 2 aromatic heterocycles. The highest BCUT2D eigenvalue weighted by Crippen LogP contribution is 2.19. The highest BCUT2D eigenvalue weighted by atomic mass is 19.1. The molecule has 0 aliphatic heterocycles. The molecule has 3 aromatic rings. The van der Waals surface area contributed by atoms with Crippen molar-refractivity contribution in [2.45, 2.75) is 13.0 Å². The summed E-state index contributed by atoms with van der Waals surface area (Å²) in [6.45, 7) is 1.66. The van der Waals surface area contributed by atoms with E-state index in [2.05, 4.69) is 15.2 Å². The van der Waals surface area contributed by atoms with Crippen molar-refractivity contribution in [2.24, 2.45) is 5.73 Å². The van der Waals surface area contributed by atoms with Crippen LogP contribution >= 0.6 is 0 Å². The topological polar surface area (TPSA) is 113 Å². The Kier molecular flexibility index (Phi) is 3.19. The summed E-state index contributed by atoms with van der Waals surface area (Å²) in [6, 6.07) is 4.95. The monoisotopic (exact) mass is 298 g/mol. The lowest BCUT2D eigenvalue weighted by atomic mass is 10.1. The van der Waals surface area contributed by atoms with Gasteiger partial charge in [-0.3, -0.25) is 9.89 Å². The fourth-order valence-corrected chi connectivity index (χ4v) is 2.27. The first-order chi connectivity index (χ1) is 10.5. The number of nitrogens with one attached hydrogen (secondary N) is 1. The minimum absolute atomic E-state index is 0.00855. The third kappa shape index (κ3) is 2.04. The summed E-state index contributed by atoms with van der Waals surface area (Å²) in [6.07, 6.45) is 1.48. The lowest BCUT2D eigenvalue weighted by Crippen LogP contribution is -2.28. The molecule has 8 heteroatoms. The van der Waals surface area contributed by atoms with Crippen molar-refractivity contribution in [3.63, 3.8) is 0 Å². The standard InChI is InChI=1S/C14H11FN6O/c1-7(17)13-19-12-8(6-16)4-9(15)5-10(12)14(22)21(13)11-2-3-18-20-11/h2-5,7H,17H2,1H3,(H,18,20). The van der Waals surface area contributed by atoms with E-state index in [0.29, 0.717) is 5.82 Å². The van der Waals surface area contributed by atoms with Crippen LogP contribution in [0, 0.1) is 17.1 Å². The van der Waals surface area contributed by atoms with Crippen LogP contribution in [-0.2, 0) is 0 Å². The molecule has 110 valence electrons. The van der Waals surface area contributed by atoms with Gasteiger partial charge in [-0.2, -0.15) is 10.4 Å². The van der Waals surface area contributed by atoms with E-state index in [1.807, 2.05) is 6.07 Å². The van der Waals surface area contributed by atoms with Crippen molar-refractivity contribution in [1.29, 1.82) is 5.26 Å². The van der Waals surface area contributed by atoms with E-state index in [1.54, 1.807) is 13.0 Å². The second kappa shape index (κ2) is 5.05. The van der Waals surface area contributed by atoms with Crippen LogP contribution in [0.3, 0.4) is 0 Å². The highest BCUT2D eigenvalue weighted by Gasteiger charge is 2.19. The second-order valence-electron chi connectivity index (χ2n) is 4.80. The molecule has 0 saturated heterocycles. The quantitative estimate of drug-likeness (QED) is 0.736. The lowest BCUT2D eigenvalue weighted by Gasteiger charge is -2.14. The Morgan fingerprint density at radius 1 is 1.50 bits per heavy atom. The molecule has 0 radical (unpaired) electrons. The lowest BCUT2D eigenvalue weighted by molar-refractivity contribution is 0.628. The Labute approximate surface area is 123 Å². The van der Waals surface area contributed by atoms with E-state index in [9.17, 15) is 9.18 Å². The zero-order valence-electron chi connectivity index (χ0n) is 11.5. The van der Waals surface area contributed by atoms with Crippen molar-refractivity contribution in [2.75, 3.05) is 0 Å². The van der Waals surface area contributed by atoms with Gasteiger partial charge < -0.3 is 5.73 Å². The molecule has 0 amide bonds. The van der Waals surface area contributed by atoms with Crippen LogP contribution in [-0.4, -0.2) is 19.7 Å². The average molecular weight is 298 g/mol. The molecule has 0 saturated carbocycles. The summed E-state index contributed by atoms with van der Waals surface area (Å²) in [4.78, 5) is 17.0. The largest absolute Gasteiger partial charge is 0.322 e. The van der Waals surface area contributed by atoms with Gasteiger partial charge in [-0.1, -0.05) is 0 Å². The molecule has 0 spiro atoms. The molecule has 7 nitrogen and oxygen atoms in total. The summed E-state index contributed by atoms with van der Waals surface area (Å²) in [5.74, 6) is -0.0491. The van der Waals surface area contributed by atoms with Gasteiger partial charge in [0.1, 0.15) is 23.5 Å². The molecule has 0 bridgehead atoms. The Morgan fingerprint density at radius 2 is 2.27 bits per heavy atom. The van der Waals surface area contributed by atoms with Crippen LogP contribution in [0.5, 0.6) is 0 Å². The van der Waals surface area contributed by atoms with E-state index in [1.165, 1.54) is 10.8 Å². The number of nitrogens with zero attached hydrogens (tertiary/aromatic N) is 4. The Bertz CT molecular complexity index is 952. The van der Waals surface area contributed by atoms with Crippen molar-refractivity contribution in [3.8, 4) is 11.9 Å². The molecule has 1 atom stereocenters. The van der Waals surface area contributed by atoms with Gasteiger partial charge >= 0.3 is 0 Å². The van der Waals surface area contributed by atoms with Gasteiger partial charge in [0.25, 0.3) is 5.56 Å². The van der Waals surface area contributed by atoms with Gasteiger partial charge in [0.05, 0.1) is 28.7 Å². The number of hydrogen-bond donors (Lipinski definition) is 2. The van der Waals surface area contributed by atoms with Crippen LogP contribution in [0.2, 0.25) is 0 Å². The minimum atomic E-state index is -0.673. The fraction of sp³-hybridized carbons (Fsp3) is 0.143. The predicted octanol–water partition coefficient (Wildman–Crippen LogP) is 1.14. The van der Waals surface area contributed by atoms with Crippen LogP contribution < -0.4 is 11.3 Å². The Morgan fingerprint density at radius 3 is 2.86 bits per heavy atom. The fourth-order valence-electron chi connectivity index (χ4n) is 2.27. The number of aromatic nitrogens is 4. The number of hydrogen-bond acceptors (Lipinski definition) is 5. The maximum atomic E-state index is 13.6. The number of rotatable bonds is 2. The molecule has 0 fully saturated rings. The summed E-state index contributed by atoms with van der Waals surface area (Å²) in [5, 5.41) is 15.6. The van der Waals surface area contributed by atoms with Gasteiger partial charge in [-0.25, -0.2) is 13.9 Å². The van der Waals surface area contributed by atoms with Crippen molar-refractivity contribution < 1.29 is 4.39 Å². The number of halogens is 1. The summed E-state index contributed by atoms with van der Waals surface area (Å²) < 4.78 is 14.9. The number of fused-ring (bicyclic) bond motifs is 1. The second-order valence-corrected chi connectivity index (χ2v) is 4.80. The predicted molar refractivity (Wildman–Crippen MR) is 76.8 cm³/mol. The molecule has 0 aliphatic carbocycles. The number of nitrogens with two attached hydrogens (primary N) is 1. The van der Waals surface area contributed by atoms with E-state index in [4.69, 9.17) is 11.0 Å². The van der Waals surface area contributed by atoms with E-state index < -0.39 is 17.4 Å². The maximum absolute atomic E-state index is 13.6. The molecule has 0 aliphatic rings. The number of H-pyrrole nitrogens is 1. The van der Waals surface area contributed by atoms with Crippen molar-refractivity contribution in [3.05, 3.63) is 52.0 Å². The molecule has 3 rings (SSSR count). The average Bonchev–Trinajstić information content (AvgIpc) is 3.00. The van der Waals surface area contributed by atoms with E-state index >= 15 is 0 Å². The van der Waals surface area contributed by atoms with Gasteiger partial charge in [0.2, 0.25) is 0 Å². The van der Waals surface area contributed by atoms with Crippen LogP contribution in [0.4, 0.5) is 4.39 Å². The first kappa shape index (κ1) is 13.9. The summed E-state index contributed by atoms with van der Waals surface area (Å²) in [7, 11) is 0. The van der Waals surface area contributed by atoms with Crippen molar-refractivity contribution in [1.82, 2.24) is 19.7 Å². The van der Waals surface area contributed by atoms with Crippen LogP contribution in [0.15, 0.2) is 29.2 Å². The first-order valence-corrected chi connectivity index (χ1v) is 6.44. The SMILES string of the molecule is CC(N)c1nc2c(C#N)cc(F)cc2c(=O)n1-c1ccn[nH]1. The molecular formula is C14H11FN6O. The number of aromatic amines is 1. The molecule has 2 heterocycles. The summed E-state index contributed by atoms with van der Waals surface area (Å²) in [5.41, 5.74) is 5.50. The molecule has 22 heavy (non-hydrogen) atoms. The molecule has 1 unspecified atom stereocenters. The Balaban J connectivity index is 2.51. The van der Waals surface area contributed by atoms with Gasteiger partial charge in [-0.05, 0) is 19.1 Å². The van der Waals surface area contributed by atoms with Gasteiger partial charge in [0.15, 0.2) is 0 Å². The molecule has 1 aromatic carbocycles.